The van der Waals surface area contributed by atoms with Crippen molar-refractivity contribution in [1.29, 1.82) is 0 Å². The van der Waals surface area contributed by atoms with Crippen molar-refractivity contribution in [2.75, 3.05) is 6.61 Å². The molecule has 0 amide bonds. The van der Waals surface area contributed by atoms with Gasteiger partial charge in [0.1, 0.15) is 0 Å². The lowest BCUT2D eigenvalue weighted by Gasteiger charge is -2.25. The quantitative estimate of drug-likeness (QED) is 0.801. The van der Waals surface area contributed by atoms with Gasteiger partial charge >= 0.3 is 5.97 Å². The van der Waals surface area contributed by atoms with Gasteiger partial charge < -0.3 is 9.84 Å². The van der Waals surface area contributed by atoms with Crippen molar-refractivity contribution >= 4 is 5.97 Å². The average molecular weight is 230 g/mol. The van der Waals surface area contributed by atoms with Gasteiger partial charge in [-0.1, -0.05) is 30.3 Å². The van der Waals surface area contributed by atoms with Crippen molar-refractivity contribution in [3.63, 3.8) is 0 Å². The second kappa shape index (κ2) is 5.03. The molecular weight excluding hydrogens is 218 g/mol. The molecule has 0 radical (unpaired) electrons. The average Bonchev–Trinajstić information content (AvgIpc) is 2.29. The maximum Gasteiger partial charge on any atom is 0.349 e. The van der Waals surface area contributed by atoms with Crippen molar-refractivity contribution in [3.8, 4) is 0 Å². The van der Waals surface area contributed by atoms with E-state index in [4.69, 9.17) is 0 Å². The largest absolute Gasteiger partial charge is 0.463 e. The van der Waals surface area contributed by atoms with Gasteiger partial charge in [0.25, 0.3) is 6.43 Å². The van der Waals surface area contributed by atoms with Crippen molar-refractivity contribution in [2.24, 2.45) is 0 Å². The molecule has 88 valence electrons. The zero-order valence-electron chi connectivity index (χ0n) is 8.69. The molecule has 1 N–H and O–H groups in total. The SMILES string of the molecule is CCOC(=O)C(O)(c1ccccc1)C(F)F. The molecule has 0 aliphatic carbocycles. The molecule has 0 fully saturated rings. The van der Waals surface area contributed by atoms with Gasteiger partial charge in [-0.15, -0.1) is 0 Å². The summed E-state index contributed by atoms with van der Waals surface area (Å²) in [6.45, 7) is 1.41. The molecule has 16 heavy (non-hydrogen) atoms. The smallest absolute Gasteiger partial charge is 0.349 e. The molecule has 1 aromatic carbocycles. The Balaban J connectivity index is 3.12. The van der Waals surface area contributed by atoms with E-state index in [-0.39, 0.29) is 12.2 Å². The summed E-state index contributed by atoms with van der Waals surface area (Å²) in [5.41, 5.74) is -3.07. The topological polar surface area (TPSA) is 46.5 Å². The van der Waals surface area contributed by atoms with Crippen LogP contribution in [0.5, 0.6) is 0 Å². The number of halogens is 2. The normalized spacial score (nSPS) is 14.6. The Kier molecular flexibility index (Phi) is 3.95. The van der Waals surface area contributed by atoms with E-state index in [1.54, 1.807) is 6.07 Å². The molecule has 1 unspecified atom stereocenters. The van der Waals surface area contributed by atoms with E-state index in [2.05, 4.69) is 4.74 Å². The zero-order chi connectivity index (χ0) is 12.2. The van der Waals surface area contributed by atoms with Gasteiger partial charge in [-0.3, -0.25) is 0 Å². The Hall–Kier alpha value is -1.49. The molecule has 0 heterocycles. The number of hydrogen-bond donors (Lipinski definition) is 1. The monoisotopic (exact) mass is 230 g/mol. The molecular formula is C11H12F2O3. The molecule has 0 bridgehead atoms. The van der Waals surface area contributed by atoms with Crippen molar-refractivity contribution in [3.05, 3.63) is 35.9 Å². The highest BCUT2D eigenvalue weighted by Gasteiger charge is 2.48. The Bertz CT molecular complexity index is 354. The lowest BCUT2D eigenvalue weighted by atomic mass is 9.94. The molecule has 0 saturated heterocycles. The van der Waals surface area contributed by atoms with E-state index in [9.17, 15) is 18.7 Å². The fraction of sp³-hybridized carbons (Fsp3) is 0.364. The number of rotatable bonds is 4. The van der Waals surface area contributed by atoms with Crippen LogP contribution in [0.1, 0.15) is 12.5 Å². The first-order valence-corrected chi connectivity index (χ1v) is 4.76. The fourth-order valence-corrected chi connectivity index (χ4v) is 1.27. The van der Waals surface area contributed by atoms with Crippen LogP contribution in [-0.4, -0.2) is 24.1 Å². The number of hydrogen-bond acceptors (Lipinski definition) is 3. The second-order valence-electron chi connectivity index (χ2n) is 3.15. The van der Waals surface area contributed by atoms with Gasteiger partial charge in [0.05, 0.1) is 6.61 Å². The first-order valence-electron chi connectivity index (χ1n) is 4.76. The summed E-state index contributed by atoms with van der Waals surface area (Å²) in [6.07, 6.45) is -3.24. The van der Waals surface area contributed by atoms with Gasteiger partial charge in [0, 0.05) is 5.56 Å². The number of carbonyl (C=O) groups is 1. The van der Waals surface area contributed by atoms with Crippen LogP contribution in [0.2, 0.25) is 0 Å². The number of carbonyl (C=O) groups excluding carboxylic acids is 1. The van der Waals surface area contributed by atoms with Crippen LogP contribution < -0.4 is 0 Å². The number of aliphatic hydroxyl groups is 1. The van der Waals surface area contributed by atoms with Gasteiger partial charge in [0.2, 0.25) is 5.60 Å². The van der Waals surface area contributed by atoms with Crippen molar-refractivity contribution in [2.45, 2.75) is 19.0 Å². The second-order valence-corrected chi connectivity index (χ2v) is 3.15. The third-order valence-electron chi connectivity index (χ3n) is 2.12. The van der Waals surface area contributed by atoms with Crippen LogP contribution in [0.4, 0.5) is 8.78 Å². The molecule has 5 heteroatoms. The lowest BCUT2D eigenvalue weighted by molar-refractivity contribution is -0.185. The van der Waals surface area contributed by atoms with E-state index < -0.39 is 18.0 Å². The molecule has 3 nitrogen and oxygen atoms in total. The van der Waals surface area contributed by atoms with Gasteiger partial charge in [0.15, 0.2) is 0 Å². The highest BCUT2D eigenvalue weighted by atomic mass is 19.3. The van der Waals surface area contributed by atoms with Crippen LogP contribution in [0.15, 0.2) is 30.3 Å². The van der Waals surface area contributed by atoms with Gasteiger partial charge in [-0.05, 0) is 6.92 Å². The third kappa shape index (κ3) is 2.19. The highest BCUT2D eigenvalue weighted by Crippen LogP contribution is 2.29. The Morgan fingerprint density at radius 3 is 2.44 bits per heavy atom. The summed E-state index contributed by atoms with van der Waals surface area (Å²) < 4.78 is 30.0. The van der Waals surface area contributed by atoms with E-state index in [0.717, 1.165) is 0 Å². The van der Waals surface area contributed by atoms with E-state index in [1.165, 1.54) is 31.2 Å². The third-order valence-corrected chi connectivity index (χ3v) is 2.12. The van der Waals surface area contributed by atoms with E-state index in [0.29, 0.717) is 0 Å². The fourth-order valence-electron chi connectivity index (χ4n) is 1.27. The van der Waals surface area contributed by atoms with E-state index in [1.807, 2.05) is 0 Å². The van der Waals surface area contributed by atoms with Gasteiger partial charge in [-0.25, -0.2) is 13.6 Å². The van der Waals surface area contributed by atoms with Crippen LogP contribution in [0.3, 0.4) is 0 Å². The van der Waals surface area contributed by atoms with Crippen molar-refractivity contribution in [1.82, 2.24) is 0 Å². The summed E-state index contributed by atoms with van der Waals surface area (Å²) in [7, 11) is 0. The highest BCUT2D eigenvalue weighted by molar-refractivity contribution is 5.81. The first-order chi connectivity index (χ1) is 7.53. The summed E-state index contributed by atoms with van der Waals surface area (Å²) in [6, 6.07) is 7.02. The lowest BCUT2D eigenvalue weighted by Crippen LogP contribution is -2.44. The van der Waals surface area contributed by atoms with Crippen LogP contribution >= 0.6 is 0 Å². The minimum atomic E-state index is -3.24. The first kappa shape index (κ1) is 12.6. The Morgan fingerprint density at radius 1 is 1.44 bits per heavy atom. The Morgan fingerprint density at radius 2 is 2.00 bits per heavy atom. The minimum absolute atomic E-state index is 0.0688. The number of esters is 1. The predicted octanol–water partition coefficient (Wildman–Crippen LogP) is 1.70. The minimum Gasteiger partial charge on any atom is -0.463 e. The molecule has 1 rings (SSSR count). The summed E-state index contributed by atoms with van der Waals surface area (Å²) in [4.78, 5) is 11.4. The molecule has 0 aromatic heterocycles. The summed E-state index contributed by atoms with van der Waals surface area (Å²) in [5, 5.41) is 9.73. The number of benzene rings is 1. The predicted molar refractivity (Wildman–Crippen MR) is 53.0 cm³/mol. The van der Waals surface area contributed by atoms with Crippen LogP contribution in [0, 0.1) is 0 Å². The van der Waals surface area contributed by atoms with Gasteiger partial charge in [-0.2, -0.15) is 0 Å². The number of alkyl halides is 2. The molecule has 0 saturated carbocycles. The summed E-state index contributed by atoms with van der Waals surface area (Å²) in [5.74, 6) is -1.34. The van der Waals surface area contributed by atoms with Crippen LogP contribution in [0.25, 0.3) is 0 Å². The molecule has 1 aromatic rings. The summed E-state index contributed by atoms with van der Waals surface area (Å²) >= 11 is 0. The maximum absolute atomic E-state index is 12.8. The molecule has 0 aliphatic rings. The maximum atomic E-state index is 12.8. The Labute approximate surface area is 91.7 Å². The molecule has 0 spiro atoms. The van der Waals surface area contributed by atoms with Crippen LogP contribution in [-0.2, 0) is 15.1 Å². The standard InChI is InChI=1S/C11H12F2O3/c1-2-16-10(14)11(15,9(12)13)8-6-4-3-5-7-8/h3-7,9,15H,2H2,1H3. The van der Waals surface area contributed by atoms with E-state index >= 15 is 0 Å². The molecule has 1 atom stereocenters. The number of ether oxygens (including phenoxy) is 1. The zero-order valence-corrected chi connectivity index (χ0v) is 8.69. The molecule has 0 aliphatic heterocycles. The van der Waals surface area contributed by atoms with Crippen molar-refractivity contribution < 1.29 is 23.4 Å².